The Kier molecular flexibility index (Phi) is 7.12. The van der Waals surface area contributed by atoms with Gasteiger partial charge in [-0.3, -0.25) is 4.79 Å². The van der Waals surface area contributed by atoms with Gasteiger partial charge in [0.2, 0.25) is 5.91 Å². The summed E-state index contributed by atoms with van der Waals surface area (Å²) in [5.41, 5.74) is 0. The Bertz CT molecular complexity index is 162. The molecule has 0 N–H and O–H groups in total. The number of hydrogen-bond donors (Lipinski definition) is 0. The van der Waals surface area contributed by atoms with Gasteiger partial charge in [-0.05, 0) is 13.1 Å². The van der Waals surface area contributed by atoms with E-state index >= 15 is 0 Å². The third-order valence-corrected chi connectivity index (χ3v) is 2.67. The van der Waals surface area contributed by atoms with E-state index < -0.39 is 0 Å². The van der Waals surface area contributed by atoms with Crippen LogP contribution in [0.5, 0.6) is 0 Å². The first-order valence-electron chi connectivity index (χ1n) is 4.71. The summed E-state index contributed by atoms with van der Waals surface area (Å²) in [7, 11) is 0. The molecule has 1 heterocycles. The molecule has 0 unspecified atom stereocenters. The van der Waals surface area contributed by atoms with Gasteiger partial charge in [0.25, 0.3) is 0 Å². The van der Waals surface area contributed by atoms with Crippen LogP contribution in [0.2, 0.25) is 0 Å². The number of piperidine rings is 1. The van der Waals surface area contributed by atoms with Crippen molar-refractivity contribution in [1.82, 2.24) is 4.90 Å². The number of nitrogens with zero attached hydrogens (tertiary/aromatic N) is 1. The SMILES string of the molecule is CC(=O)N1CC[C-](C(C)C)CC1.[K+]. The fourth-order valence-corrected chi connectivity index (χ4v) is 1.69. The Morgan fingerprint density at radius 1 is 1.31 bits per heavy atom. The van der Waals surface area contributed by atoms with E-state index in [4.69, 9.17) is 0 Å². The van der Waals surface area contributed by atoms with E-state index in [2.05, 4.69) is 13.8 Å². The quantitative estimate of drug-likeness (QED) is 0.393. The largest absolute Gasteiger partial charge is 1.00 e. The molecule has 1 saturated heterocycles. The first-order valence-corrected chi connectivity index (χ1v) is 4.71. The van der Waals surface area contributed by atoms with Crippen molar-refractivity contribution in [1.29, 1.82) is 0 Å². The van der Waals surface area contributed by atoms with Crippen molar-refractivity contribution in [2.45, 2.75) is 33.6 Å². The molecule has 0 aromatic carbocycles. The van der Waals surface area contributed by atoms with Crippen LogP contribution in [0.4, 0.5) is 0 Å². The van der Waals surface area contributed by atoms with Crippen LogP contribution in [0, 0.1) is 11.8 Å². The third kappa shape index (κ3) is 4.43. The molecule has 0 saturated carbocycles. The third-order valence-electron chi connectivity index (χ3n) is 2.67. The first-order chi connectivity index (χ1) is 5.61. The molecule has 1 amide bonds. The molecule has 2 nitrogen and oxygen atoms in total. The molecule has 0 aromatic heterocycles. The second-order valence-electron chi connectivity index (χ2n) is 3.82. The molecular formula is C10H18KNO. The average Bonchev–Trinajstić information content (AvgIpc) is 2.04. The van der Waals surface area contributed by atoms with E-state index in [-0.39, 0.29) is 57.3 Å². The molecule has 1 aliphatic heterocycles. The van der Waals surface area contributed by atoms with E-state index in [1.54, 1.807) is 12.8 Å². The predicted octanol–water partition coefficient (Wildman–Crippen LogP) is -1.14. The van der Waals surface area contributed by atoms with Gasteiger partial charge in [0.05, 0.1) is 0 Å². The zero-order valence-corrected chi connectivity index (χ0v) is 12.4. The summed E-state index contributed by atoms with van der Waals surface area (Å²) in [5.74, 6) is 2.53. The van der Waals surface area contributed by atoms with Crippen LogP contribution in [0.3, 0.4) is 0 Å². The zero-order valence-electron chi connectivity index (χ0n) is 9.26. The second kappa shape index (κ2) is 6.56. The Morgan fingerprint density at radius 3 is 2.08 bits per heavy atom. The minimum atomic E-state index is 0. The van der Waals surface area contributed by atoms with Gasteiger partial charge in [0, 0.05) is 6.92 Å². The summed E-state index contributed by atoms with van der Waals surface area (Å²) in [6, 6.07) is 0. The summed E-state index contributed by atoms with van der Waals surface area (Å²) in [6.45, 7) is 7.99. The van der Waals surface area contributed by atoms with Gasteiger partial charge in [-0.25, -0.2) is 0 Å². The van der Waals surface area contributed by atoms with Gasteiger partial charge in [-0.15, -0.1) is 0 Å². The predicted molar refractivity (Wildman–Crippen MR) is 49.6 cm³/mol. The van der Waals surface area contributed by atoms with Crippen molar-refractivity contribution in [3.8, 4) is 0 Å². The van der Waals surface area contributed by atoms with Crippen LogP contribution < -0.4 is 51.4 Å². The maximum atomic E-state index is 11.0. The summed E-state index contributed by atoms with van der Waals surface area (Å²) >= 11 is 0. The fraction of sp³-hybridized carbons (Fsp3) is 0.800. The normalized spacial score (nSPS) is 18.6. The molecule has 3 heteroatoms. The summed E-state index contributed by atoms with van der Waals surface area (Å²) in [6.07, 6.45) is 2.22. The smallest absolute Gasteiger partial charge is 0.348 e. The molecule has 1 rings (SSSR count). The minimum Gasteiger partial charge on any atom is -0.348 e. The maximum absolute atomic E-state index is 11.0. The number of hydrogen-bond acceptors (Lipinski definition) is 1. The van der Waals surface area contributed by atoms with Crippen molar-refractivity contribution in [3.05, 3.63) is 5.92 Å². The molecule has 0 spiro atoms. The summed E-state index contributed by atoms with van der Waals surface area (Å²) < 4.78 is 0. The van der Waals surface area contributed by atoms with Crippen molar-refractivity contribution < 1.29 is 56.2 Å². The monoisotopic (exact) mass is 207 g/mol. The van der Waals surface area contributed by atoms with Gasteiger partial charge in [0.15, 0.2) is 0 Å². The molecule has 0 radical (unpaired) electrons. The standard InChI is InChI=1S/C10H18NO.K/c1-8(2)10-4-6-11(7-5-10)9(3)12;/h8H,4-7H2,1-3H3;/q-1;+1. The zero-order chi connectivity index (χ0) is 9.14. The van der Waals surface area contributed by atoms with Crippen LogP contribution in [0.25, 0.3) is 0 Å². The van der Waals surface area contributed by atoms with E-state index in [1.807, 2.05) is 4.90 Å². The second-order valence-corrected chi connectivity index (χ2v) is 3.82. The van der Waals surface area contributed by atoms with Gasteiger partial charge >= 0.3 is 51.4 Å². The molecule has 1 aliphatic rings. The molecule has 0 aliphatic carbocycles. The average molecular weight is 207 g/mol. The van der Waals surface area contributed by atoms with Gasteiger partial charge in [-0.2, -0.15) is 18.8 Å². The van der Waals surface area contributed by atoms with Crippen molar-refractivity contribution >= 4 is 5.91 Å². The molecule has 1 fully saturated rings. The number of likely N-dealkylation sites (tertiary alicyclic amines) is 1. The van der Waals surface area contributed by atoms with Gasteiger partial charge in [-0.1, -0.05) is 13.8 Å². The Balaban J connectivity index is 0.00000144. The molecule has 0 aromatic rings. The molecule has 0 bridgehead atoms. The molecule has 70 valence electrons. The first kappa shape index (κ1) is 14.1. The maximum Gasteiger partial charge on any atom is 1.00 e. The minimum absolute atomic E-state index is 0. The number of carbonyl (C=O) groups is 1. The van der Waals surface area contributed by atoms with E-state index in [0.29, 0.717) is 5.92 Å². The Labute approximate surface area is 124 Å². The van der Waals surface area contributed by atoms with E-state index in [1.165, 1.54) is 0 Å². The molecule has 13 heavy (non-hydrogen) atoms. The van der Waals surface area contributed by atoms with E-state index in [0.717, 1.165) is 25.9 Å². The topological polar surface area (TPSA) is 20.3 Å². The Morgan fingerprint density at radius 2 is 1.77 bits per heavy atom. The van der Waals surface area contributed by atoms with Crippen molar-refractivity contribution in [2.24, 2.45) is 5.92 Å². The number of rotatable bonds is 1. The number of amides is 1. The van der Waals surface area contributed by atoms with Crippen LogP contribution in [0.15, 0.2) is 0 Å². The van der Waals surface area contributed by atoms with Crippen molar-refractivity contribution in [3.63, 3.8) is 0 Å². The Hall–Kier alpha value is 1.11. The van der Waals surface area contributed by atoms with Gasteiger partial charge in [0.1, 0.15) is 0 Å². The van der Waals surface area contributed by atoms with Crippen LogP contribution in [-0.4, -0.2) is 23.9 Å². The van der Waals surface area contributed by atoms with Crippen LogP contribution in [0.1, 0.15) is 33.6 Å². The van der Waals surface area contributed by atoms with Crippen LogP contribution >= 0.6 is 0 Å². The summed E-state index contributed by atoms with van der Waals surface area (Å²) in [5, 5.41) is 0. The molecule has 0 atom stereocenters. The van der Waals surface area contributed by atoms with E-state index in [9.17, 15) is 4.79 Å². The molecular weight excluding hydrogens is 189 g/mol. The van der Waals surface area contributed by atoms with Gasteiger partial charge < -0.3 is 10.8 Å². The fourth-order valence-electron chi connectivity index (χ4n) is 1.69. The van der Waals surface area contributed by atoms with Crippen LogP contribution in [-0.2, 0) is 4.79 Å². The number of carbonyl (C=O) groups excluding carboxylic acids is 1. The van der Waals surface area contributed by atoms with Crippen molar-refractivity contribution in [2.75, 3.05) is 13.1 Å². The summed E-state index contributed by atoms with van der Waals surface area (Å²) in [4.78, 5) is 12.9.